The van der Waals surface area contributed by atoms with Gasteiger partial charge in [-0.15, -0.1) is 0 Å². The Morgan fingerprint density at radius 3 is 1.35 bits per heavy atom. The van der Waals surface area contributed by atoms with Crippen molar-refractivity contribution in [3.8, 4) is 33.6 Å². The number of hydrogen-bond acceptors (Lipinski definition) is 2. The number of fused-ring (bicyclic) bond motifs is 8. The highest BCUT2D eigenvalue weighted by molar-refractivity contribution is 6.13. The molecule has 0 spiro atoms. The molecule has 0 fully saturated rings. The highest BCUT2D eigenvalue weighted by Crippen LogP contribution is 2.52. The molecule has 4 nitrogen and oxygen atoms in total. The molecule has 0 amide bonds. The molecular weight excluding hydrogens is 657 g/mol. The van der Waals surface area contributed by atoms with Crippen LogP contribution in [0.4, 0.5) is 11.4 Å². The van der Waals surface area contributed by atoms with E-state index >= 15 is 0 Å². The van der Waals surface area contributed by atoms with Gasteiger partial charge >= 0.3 is 0 Å². The number of allylic oxidation sites excluding steroid dienone is 2. The number of nitrogen functional groups attached to an aromatic ring is 2. The highest BCUT2D eigenvalue weighted by atomic mass is 15.1. The summed E-state index contributed by atoms with van der Waals surface area (Å²) < 4.78 is 4.79. The topological polar surface area (TPSA) is 61.9 Å². The van der Waals surface area contributed by atoms with Crippen LogP contribution in [0.25, 0.3) is 89.1 Å². The number of benzene rings is 7. The minimum absolute atomic E-state index is 0.694. The average Bonchev–Trinajstić information content (AvgIpc) is 3.74. The molecule has 4 N–H and O–H groups in total. The number of anilines is 2. The van der Waals surface area contributed by atoms with E-state index in [0.29, 0.717) is 11.4 Å². The van der Waals surface area contributed by atoms with Gasteiger partial charge in [0.05, 0.1) is 33.8 Å². The largest absolute Gasteiger partial charge is 0.396 e. The minimum Gasteiger partial charge on any atom is -0.396 e. The Morgan fingerprint density at radius 2 is 0.852 bits per heavy atom. The standard InChI is InChI=1S/C50H38N4/c51-47-45(35-27-25-31-13-1-3-15-33(31)29-35)49(53-41-21-9-5-17-37(41)38-18-6-10-22-42(38)53)48(52)46(36-28-26-32-14-2-4-16-34(32)30-36)50(47)54-43-23-11-7-19-39(43)40-20-8-12-24-44(40)54/h1-6,9-18,21-30H,7-8,19-20,51-52H2. The zero-order valence-electron chi connectivity index (χ0n) is 29.9. The van der Waals surface area contributed by atoms with Gasteiger partial charge < -0.3 is 20.6 Å². The summed E-state index contributed by atoms with van der Waals surface area (Å²) in [5.41, 5.74) is 30.4. The first-order valence-electron chi connectivity index (χ1n) is 19.0. The number of nitrogens with zero attached hydrogens (tertiary/aromatic N) is 2. The normalized spacial score (nSPS) is 13.6. The van der Waals surface area contributed by atoms with Gasteiger partial charge in [-0.2, -0.15) is 0 Å². The van der Waals surface area contributed by atoms with Crippen molar-refractivity contribution < 1.29 is 0 Å². The van der Waals surface area contributed by atoms with Crippen LogP contribution < -0.4 is 11.5 Å². The molecule has 2 heterocycles. The van der Waals surface area contributed by atoms with Crippen molar-refractivity contribution in [3.05, 3.63) is 168 Å². The summed E-state index contributed by atoms with van der Waals surface area (Å²) >= 11 is 0. The number of para-hydroxylation sites is 2. The summed E-state index contributed by atoms with van der Waals surface area (Å²) in [5.74, 6) is 0. The highest BCUT2D eigenvalue weighted by Gasteiger charge is 2.32. The molecule has 258 valence electrons. The minimum atomic E-state index is 0.694. The molecule has 7 aromatic carbocycles. The van der Waals surface area contributed by atoms with E-state index in [1.165, 1.54) is 44.1 Å². The zero-order valence-corrected chi connectivity index (χ0v) is 29.9. The first-order valence-corrected chi connectivity index (χ1v) is 19.0. The van der Waals surface area contributed by atoms with E-state index in [1.54, 1.807) is 0 Å². The Balaban J connectivity index is 1.36. The van der Waals surface area contributed by atoms with Crippen LogP contribution in [0.15, 0.2) is 146 Å². The Bertz CT molecular complexity index is 2980. The molecule has 0 atom stereocenters. The second-order valence-corrected chi connectivity index (χ2v) is 14.7. The SMILES string of the molecule is Nc1c(-c2ccc3ccccc3c2)c(-n2c3ccccc3c3ccccc32)c(N)c(-c2ccc3ccccc3c2)c1-n1c2c(c3c1C=CCC3)CCC=C2. The number of hydrogen-bond donors (Lipinski definition) is 2. The van der Waals surface area contributed by atoms with Crippen LogP contribution in [-0.2, 0) is 12.8 Å². The van der Waals surface area contributed by atoms with E-state index in [2.05, 4.69) is 167 Å². The summed E-state index contributed by atoms with van der Waals surface area (Å²) in [4.78, 5) is 0. The maximum atomic E-state index is 7.89. The van der Waals surface area contributed by atoms with Gasteiger partial charge in [-0.1, -0.05) is 121 Å². The van der Waals surface area contributed by atoms with E-state index in [4.69, 9.17) is 11.5 Å². The fourth-order valence-electron chi connectivity index (χ4n) is 9.37. The molecule has 2 aromatic heterocycles. The third kappa shape index (κ3) is 4.43. The van der Waals surface area contributed by atoms with Crippen molar-refractivity contribution >= 4 is 66.9 Å². The van der Waals surface area contributed by atoms with Gasteiger partial charge in [-0.05, 0) is 106 Å². The molecule has 11 rings (SSSR count). The van der Waals surface area contributed by atoms with Gasteiger partial charge in [0.15, 0.2) is 0 Å². The summed E-state index contributed by atoms with van der Waals surface area (Å²) in [6, 6.07) is 47.8. The Labute approximate surface area is 313 Å². The lowest BCUT2D eigenvalue weighted by atomic mass is 9.89. The quantitative estimate of drug-likeness (QED) is 0.180. The molecule has 0 bridgehead atoms. The van der Waals surface area contributed by atoms with Crippen molar-refractivity contribution in [2.24, 2.45) is 0 Å². The molecule has 9 aromatic rings. The molecule has 54 heavy (non-hydrogen) atoms. The predicted molar refractivity (Wildman–Crippen MR) is 230 cm³/mol. The van der Waals surface area contributed by atoms with Crippen LogP contribution in [0.1, 0.15) is 35.4 Å². The molecule has 4 heteroatoms. The molecule has 2 aliphatic rings. The average molecular weight is 695 g/mol. The summed E-state index contributed by atoms with van der Waals surface area (Å²) in [6.07, 6.45) is 13.3. The fraction of sp³-hybridized carbons (Fsp3) is 0.0800. The molecular formula is C50H38N4. The second-order valence-electron chi connectivity index (χ2n) is 14.7. The smallest absolute Gasteiger partial charge is 0.0799 e. The maximum Gasteiger partial charge on any atom is 0.0799 e. The second kappa shape index (κ2) is 11.9. The van der Waals surface area contributed by atoms with E-state index in [9.17, 15) is 0 Å². The van der Waals surface area contributed by atoms with Crippen LogP contribution in [0, 0.1) is 0 Å². The van der Waals surface area contributed by atoms with Gasteiger partial charge in [-0.25, -0.2) is 0 Å². The Morgan fingerprint density at radius 1 is 0.426 bits per heavy atom. The molecule has 0 saturated carbocycles. The number of aromatic nitrogens is 2. The van der Waals surface area contributed by atoms with Gasteiger partial charge in [0, 0.05) is 33.3 Å². The number of rotatable bonds is 4. The molecule has 2 aliphatic carbocycles. The monoisotopic (exact) mass is 694 g/mol. The molecule has 0 unspecified atom stereocenters. The van der Waals surface area contributed by atoms with Crippen molar-refractivity contribution in [1.82, 2.24) is 9.13 Å². The van der Waals surface area contributed by atoms with Gasteiger partial charge in [-0.3, -0.25) is 0 Å². The van der Waals surface area contributed by atoms with Crippen molar-refractivity contribution in [2.75, 3.05) is 11.5 Å². The molecule has 0 saturated heterocycles. The fourth-order valence-corrected chi connectivity index (χ4v) is 9.37. The van der Waals surface area contributed by atoms with Gasteiger partial charge in [0.25, 0.3) is 0 Å². The van der Waals surface area contributed by atoms with E-state index in [-0.39, 0.29) is 0 Å². The van der Waals surface area contributed by atoms with Crippen LogP contribution in [0.5, 0.6) is 0 Å². The lowest BCUT2D eigenvalue weighted by Crippen LogP contribution is -2.14. The Kier molecular flexibility index (Phi) is 6.77. The number of nitrogens with two attached hydrogens (primary N) is 2. The van der Waals surface area contributed by atoms with Gasteiger partial charge in [0.2, 0.25) is 0 Å². The van der Waals surface area contributed by atoms with Crippen molar-refractivity contribution in [2.45, 2.75) is 25.7 Å². The van der Waals surface area contributed by atoms with Crippen LogP contribution in [0.3, 0.4) is 0 Å². The van der Waals surface area contributed by atoms with Crippen molar-refractivity contribution in [1.29, 1.82) is 0 Å². The summed E-state index contributed by atoms with van der Waals surface area (Å²) in [5, 5.41) is 7.04. The predicted octanol–water partition coefficient (Wildman–Crippen LogP) is 12.3. The lowest BCUT2D eigenvalue weighted by molar-refractivity contribution is 0.922. The van der Waals surface area contributed by atoms with Crippen molar-refractivity contribution in [3.63, 3.8) is 0 Å². The van der Waals surface area contributed by atoms with E-state index < -0.39 is 0 Å². The van der Waals surface area contributed by atoms with E-state index in [1.807, 2.05) is 0 Å². The first-order chi connectivity index (χ1) is 26.7. The molecule has 0 aliphatic heterocycles. The molecule has 0 radical (unpaired) electrons. The third-order valence-electron chi connectivity index (χ3n) is 11.8. The third-order valence-corrected chi connectivity index (χ3v) is 11.8. The summed E-state index contributed by atoms with van der Waals surface area (Å²) in [6.45, 7) is 0. The summed E-state index contributed by atoms with van der Waals surface area (Å²) in [7, 11) is 0. The van der Waals surface area contributed by atoms with E-state index in [0.717, 1.165) is 81.1 Å². The van der Waals surface area contributed by atoms with Crippen LogP contribution >= 0.6 is 0 Å². The Hall–Kier alpha value is -6.78. The maximum absolute atomic E-state index is 7.89. The lowest BCUT2D eigenvalue weighted by Gasteiger charge is -2.27. The zero-order chi connectivity index (χ0) is 35.9. The van der Waals surface area contributed by atoms with Crippen LogP contribution in [-0.4, -0.2) is 9.13 Å². The van der Waals surface area contributed by atoms with Gasteiger partial charge in [0.1, 0.15) is 0 Å². The van der Waals surface area contributed by atoms with Crippen LogP contribution in [0.2, 0.25) is 0 Å². The first kappa shape index (κ1) is 30.8.